The molecule has 3 heterocycles. The van der Waals surface area contributed by atoms with E-state index in [4.69, 9.17) is 9.73 Å². The van der Waals surface area contributed by atoms with Gasteiger partial charge in [-0.3, -0.25) is 0 Å². The summed E-state index contributed by atoms with van der Waals surface area (Å²) in [5.41, 5.74) is 2.08. The van der Waals surface area contributed by atoms with E-state index in [0.29, 0.717) is 13.1 Å². The molecule has 154 valence electrons. The zero-order chi connectivity index (χ0) is 20.6. The molecule has 0 saturated heterocycles. The van der Waals surface area contributed by atoms with Gasteiger partial charge in [-0.1, -0.05) is 0 Å². The van der Waals surface area contributed by atoms with Crippen molar-refractivity contribution in [2.24, 2.45) is 4.99 Å². The summed E-state index contributed by atoms with van der Waals surface area (Å²) >= 11 is 1.62. The maximum absolute atomic E-state index is 5.35. The lowest BCUT2D eigenvalue weighted by atomic mass is 10.2. The Balaban J connectivity index is 1.69. The molecule has 3 aromatic heterocycles. The first-order valence-electron chi connectivity index (χ1n) is 9.52. The highest BCUT2D eigenvalue weighted by Gasteiger charge is 2.12. The fourth-order valence-corrected chi connectivity index (χ4v) is 3.57. The van der Waals surface area contributed by atoms with Crippen molar-refractivity contribution >= 4 is 17.3 Å². The summed E-state index contributed by atoms with van der Waals surface area (Å²) in [4.78, 5) is 15.9. The molecule has 0 aliphatic rings. The minimum Gasteiger partial charge on any atom is -0.375 e. The molecule has 1 N–H and O–H groups in total. The molecule has 3 rings (SSSR count). The molecule has 0 aliphatic heterocycles. The van der Waals surface area contributed by atoms with Gasteiger partial charge in [0.1, 0.15) is 11.1 Å². The highest BCUT2D eigenvalue weighted by Crippen LogP contribution is 2.21. The Morgan fingerprint density at radius 2 is 2.28 bits per heavy atom. The molecule has 1 unspecified atom stereocenters. The molecule has 9 heteroatoms. The third-order valence-corrected chi connectivity index (χ3v) is 5.38. The number of aliphatic imine (C=N–C) groups is 1. The summed E-state index contributed by atoms with van der Waals surface area (Å²) in [6, 6.07) is 5.85. The smallest absolute Gasteiger partial charge is 0.194 e. The molecule has 0 amide bonds. The van der Waals surface area contributed by atoms with Crippen molar-refractivity contribution < 1.29 is 4.74 Å². The van der Waals surface area contributed by atoms with Crippen molar-refractivity contribution in [2.75, 3.05) is 20.7 Å². The Hall–Kier alpha value is -2.78. The highest BCUT2D eigenvalue weighted by molar-refractivity contribution is 7.09. The Morgan fingerprint density at radius 3 is 3.00 bits per heavy atom. The Kier molecular flexibility index (Phi) is 7.31. The van der Waals surface area contributed by atoms with Gasteiger partial charge >= 0.3 is 0 Å². The zero-order valence-electron chi connectivity index (χ0n) is 17.2. The summed E-state index contributed by atoms with van der Waals surface area (Å²) in [6.07, 6.45) is 5.41. The van der Waals surface area contributed by atoms with Crippen LogP contribution in [0.2, 0.25) is 0 Å². The number of guanidine groups is 1. The van der Waals surface area contributed by atoms with Crippen molar-refractivity contribution in [1.29, 1.82) is 0 Å². The van der Waals surface area contributed by atoms with Gasteiger partial charge in [0.05, 0.1) is 18.8 Å². The summed E-state index contributed by atoms with van der Waals surface area (Å²) in [5, 5.41) is 10.6. The number of nitrogens with one attached hydrogen (secondary N) is 1. The van der Waals surface area contributed by atoms with Gasteiger partial charge in [-0.2, -0.15) is 5.10 Å². The molecule has 3 aromatic rings. The second-order valence-electron chi connectivity index (χ2n) is 6.55. The minimum absolute atomic E-state index is 0.0108. The molecule has 8 nitrogen and oxygen atoms in total. The van der Waals surface area contributed by atoms with Crippen LogP contribution in [0.15, 0.2) is 47.2 Å². The van der Waals surface area contributed by atoms with Gasteiger partial charge in [0, 0.05) is 44.7 Å². The lowest BCUT2D eigenvalue weighted by Crippen LogP contribution is -2.38. The van der Waals surface area contributed by atoms with Crippen LogP contribution in [0.3, 0.4) is 0 Å². The van der Waals surface area contributed by atoms with Crippen molar-refractivity contribution in [1.82, 2.24) is 30.0 Å². The Labute approximate surface area is 175 Å². The van der Waals surface area contributed by atoms with Crippen LogP contribution in [0.5, 0.6) is 0 Å². The minimum atomic E-state index is 0.0108. The third kappa shape index (κ3) is 5.61. The van der Waals surface area contributed by atoms with Crippen LogP contribution in [-0.2, 0) is 17.8 Å². The quantitative estimate of drug-likeness (QED) is 0.452. The fourth-order valence-electron chi connectivity index (χ4n) is 2.73. The average Bonchev–Trinajstić information content (AvgIpc) is 3.43. The maximum atomic E-state index is 5.35. The summed E-state index contributed by atoms with van der Waals surface area (Å²) in [5.74, 6) is 1.61. The van der Waals surface area contributed by atoms with Crippen molar-refractivity contribution in [3.8, 4) is 5.82 Å². The molecule has 1 atom stereocenters. The van der Waals surface area contributed by atoms with E-state index in [1.54, 1.807) is 35.5 Å². The van der Waals surface area contributed by atoms with Crippen LogP contribution in [0, 0.1) is 0 Å². The molecular formula is C20H27N7OS. The van der Waals surface area contributed by atoms with E-state index < -0.39 is 0 Å². The average molecular weight is 414 g/mol. The number of aromatic nitrogens is 4. The van der Waals surface area contributed by atoms with Gasteiger partial charge in [0.2, 0.25) is 0 Å². The number of pyridine rings is 1. The van der Waals surface area contributed by atoms with Crippen LogP contribution in [0.4, 0.5) is 0 Å². The zero-order valence-corrected chi connectivity index (χ0v) is 18.1. The summed E-state index contributed by atoms with van der Waals surface area (Å²) in [7, 11) is 3.71. The first-order valence-corrected chi connectivity index (χ1v) is 10.4. The first-order chi connectivity index (χ1) is 14.1. The van der Waals surface area contributed by atoms with Crippen LogP contribution >= 0.6 is 11.3 Å². The molecule has 0 aliphatic carbocycles. The molecular weight excluding hydrogens is 386 g/mol. The van der Waals surface area contributed by atoms with Crippen LogP contribution in [0.25, 0.3) is 5.82 Å². The van der Waals surface area contributed by atoms with E-state index in [1.165, 1.54) is 0 Å². The second kappa shape index (κ2) is 10.1. The lowest BCUT2D eigenvalue weighted by Gasteiger charge is -2.21. The van der Waals surface area contributed by atoms with Gasteiger partial charge in [-0.15, -0.1) is 11.3 Å². The van der Waals surface area contributed by atoms with Crippen molar-refractivity contribution in [3.63, 3.8) is 0 Å². The molecule has 0 fully saturated rings. The topological polar surface area (TPSA) is 80.5 Å². The van der Waals surface area contributed by atoms with Crippen molar-refractivity contribution in [3.05, 3.63) is 58.4 Å². The SMILES string of the molecule is CCNC(=NCc1ccnc(-n2cccn2)c1)N(C)Cc1csc(C(C)OC)n1. The van der Waals surface area contributed by atoms with E-state index in [2.05, 4.69) is 37.6 Å². The number of ether oxygens (including phenoxy) is 1. The normalized spacial score (nSPS) is 12.8. The number of rotatable bonds is 8. The number of methoxy groups -OCH3 is 1. The fraction of sp³-hybridized carbons (Fsp3) is 0.400. The summed E-state index contributed by atoms with van der Waals surface area (Å²) < 4.78 is 7.09. The molecule has 0 saturated carbocycles. The van der Waals surface area contributed by atoms with Gasteiger partial charge in [0.15, 0.2) is 11.8 Å². The van der Waals surface area contributed by atoms with E-state index in [0.717, 1.165) is 34.6 Å². The third-order valence-electron chi connectivity index (χ3n) is 4.33. The van der Waals surface area contributed by atoms with E-state index >= 15 is 0 Å². The van der Waals surface area contributed by atoms with Gasteiger partial charge in [-0.05, 0) is 37.6 Å². The predicted molar refractivity (Wildman–Crippen MR) is 115 cm³/mol. The van der Waals surface area contributed by atoms with Gasteiger partial charge in [0.25, 0.3) is 0 Å². The molecule has 29 heavy (non-hydrogen) atoms. The summed E-state index contributed by atoms with van der Waals surface area (Å²) in [6.45, 7) is 6.08. The Bertz CT molecular complexity index is 923. The first kappa shape index (κ1) is 20.9. The molecule has 0 bridgehead atoms. The van der Waals surface area contributed by atoms with Gasteiger partial charge < -0.3 is 15.0 Å². The lowest BCUT2D eigenvalue weighted by molar-refractivity contribution is 0.119. The second-order valence-corrected chi connectivity index (χ2v) is 7.44. The Morgan fingerprint density at radius 1 is 1.41 bits per heavy atom. The van der Waals surface area contributed by atoms with Crippen LogP contribution in [0.1, 0.15) is 36.2 Å². The predicted octanol–water partition coefficient (Wildman–Crippen LogP) is 3.03. The monoisotopic (exact) mass is 413 g/mol. The molecule has 0 aromatic carbocycles. The van der Waals surface area contributed by atoms with E-state index in [1.807, 2.05) is 38.4 Å². The number of hydrogen-bond donors (Lipinski definition) is 1. The highest BCUT2D eigenvalue weighted by atomic mass is 32.1. The molecule has 0 spiro atoms. The number of thiazole rings is 1. The van der Waals surface area contributed by atoms with Crippen LogP contribution < -0.4 is 5.32 Å². The largest absolute Gasteiger partial charge is 0.375 e. The van der Waals surface area contributed by atoms with E-state index in [9.17, 15) is 0 Å². The van der Waals surface area contributed by atoms with E-state index in [-0.39, 0.29) is 6.10 Å². The number of hydrogen-bond acceptors (Lipinski definition) is 6. The van der Waals surface area contributed by atoms with Gasteiger partial charge in [-0.25, -0.2) is 19.6 Å². The standard InChI is InChI=1S/C20H27N7OS/c1-5-21-20(26(3)13-17-14-29-19(25-17)15(2)28-4)23-12-16-7-9-22-18(11-16)27-10-6-8-24-27/h6-11,14-15H,5,12-13H2,1-4H3,(H,21,23). The number of nitrogens with zero attached hydrogens (tertiary/aromatic N) is 6. The van der Waals surface area contributed by atoms with Crippen LogP contribution in [-0.4, -0.2) is 51.3 Å². The molecule has 0 radical (unpaired) electrons. The maximum Gasteiger partial charge on any atom is 0.194 e. The van der Waals surface area contributed by atoms with Crippen molar-refractivity contribution in [2.45, 2.75) is 33.0 Å².